The highest BCUT2D eigenvalue weighted by molar-refractivity contribution is 4.83. The molecule has 11 heavy (non-hydrogen) atoms. The summed E-state index contributed by atoms with van der Waals surface area (Å²) in [5.74, 6) is 0. The Hall–Kier alpha value is -0.160. The van der Waals surface area contributed by atoms with Crippen molar-refractivity contribution in [1.29, 1.82) is 0 Å². The molecule has 2 aliphatic rings. The molecule has 1 atom stereocenters. The monoisotopic (exact) mass is 156 g/mol. The van der Waals surface area contributed by atoms with Crippen molar-refractivity contribution in [2.75, 3.05) is 26.2 Å². The highest BCUT2D eigenvalue weighted by Gasteiger charge is 2.24. The van der Waals surface area contributed by atoms with Gasteiger partial charge in [-0.15, -0.1) is 0 Å². The second-order valence-corrected chi connectivity index (χ2v) is 3.48. The first kappa shape index (κ1) is 7.49. The van der Waals surface area contributed by atoms with Crippen LogP contribution in [0.15, 0.2) is 0 Å². The molecule has 0 aromatic rings. The Balaban J connectivity index is 1.70. The standard InChI is InChI=1S/C7H16N4/c8-6-1-2-11(5-6)10-7-3-9-4-7/h6-7,9-10H,1-5,8H2. The third-order valence-corrected chi connectivity index (χ3v) is 2.37. The summed E-state index contributed by atoms with van der Waals surface area (Å²) >= 11 is 0. The van der Waals surface area contributed by atoms with Crippen LogP contribution in [-0.2, 0) is 0 Å². The van der Waals surface area contributed by atoms with E-state index in [1.54, 1.807) is 0 Å². The molecule has 2 rings (SSSR count). The van der Waals surface area contributed by atoms with E-state index in [0.29, 0.717) is 12.1 Å². The van der Waals surface area contributed by atoms with E-state index in [1.165, 1.54) is 0 Å². The molecule has 4 nitrogen and oxygen atoms in total. The lowest BCUT2D eigenvalue weighted by molar-refractivity contribution is 0.163. The zero-order valence-electron chi connectivity index (χ0n) is 6.71. The number of hydrazine groups is 1. The Morgan fingerprint density at radius 3 is 2.73 bits per heavy atom. The van der Waals surface area contributed by atoms with Crippen LogP contribution in [0.3, 0.4) is 0 Å². The molecule has 2 saturated heterocycles. The topological polar surface area (TPSA) is 53.3 Å². The predicted octanol–water partition coefficient (Wildman–Crippen LogP) is -1.50. The number of rotatable bonds is 2. The Labute approximate surface area is 67.1 Å². The van der Waals surface area contributed by atoms with Crippen molar-refractivity contribution in [1.82, 2.24) is 15.8 Å². The minimum atomic E-state index is 0.385. The van der Waals surface area contributed by atoms with Crippen molar-refractivity contribution in [3.63, 3.8) is 0 Å². The molecule has 0 saturated carbocycles. The van der Waals surface area contributed by atoms with Crippen LogP contribution in [0.1, 0.15) is 6.42 Å². The summed E-state index contributed by atoms with van der Waals surface area (Å²) in [4.78, 5) is 0. The summed E-state index contributed by atoms with van der Waals surface area (Å²) in [6, 6.07) is 1.04. The van der Waals surface area contributed by atoms with Gasteiger partial charge in [-0.1, -0.05) is 0 Å². The molecule has 0 spiro atoms. The van der Waals surface area contributed by atoms with Crippen LogP contribution in [-0.4, -0.2) is 43.3 Å². The van der Waals surface area contributed by atoms with Gasteiger partial charge in [0, 0.05) is 38.3 Å². The summed E-state index contributed by atoms with van der Waals surface area (Å²) in [5.41, 5.74) is 9.20. The first-order chi connectivity index (χ1) is 5.34. The van der Waals surface area contributed by atoms with E-state index < -0.39 is 0 Å². The molecule has 2 heterocycles. The third kappa shape index (κ3) is 1.70. The van der Waals surface area contributed by atoms with Gasteiger partial charge in [0.15, 0.2) is 0 Å². The normalized spacial score (nSPS) is 34.1. The van der Waals surface area contributed by atoms with E-state index in [4.69, 9.17) is 5.73 Å². The lowest BCUT2D eigenvalue weighted by atomic mass is 10.2. The average Bonchev–Trinajstić information content (AvgIpc) is 2.27. The fraction of sp³-hybridized carbons (Fsp3) is 1.00. The van der Waals surface area contributed by atoms with Crippen molar-refractivity contribution < 1.29 is 0 Å². The minimum Gasteiger partial charge on any atom is -0.326 e. The molecule has 0 amide bonds. The molecule has 1 unspecified atom stereocenters. The lowest BCUT2D eigenvalue weighted by Gasteiger charge is -2.32. The van der Waals surface area contributed by atoms with E-state index in [-0.39, 0.29) is 0 Å². The summed E-state index contributed by atoms with van der Waals surface area (Å²) in [7, 11) is 0. The SMILES string of the molecule is NC1CCN(NC2CNC2)C1. The average molecular weight is 156 g/mol. The fourth-order valence-corrected chi connectivity index (χ4v) is 1.54. The second-order valence-electron chi connectivity index (χ2n) is 3.48. The maximum Gasteiger partial charge on any atom is 0.0464 e. The quantitative estimate of drug-likeness (QED) is 0.455. The first-order valence-electron chi connectivity index (χ1n) is 4.32. The zero-order valence-corrected chi connectivity index (χ0v) is 6.71. The van der Waals surface area contributed by atoms with Gasteiger partial charge in [0.2, 0.25) is 0 Å². The molecule has 0 bridgehead atoms. The van der Waals surface area contributed by atoms with E-state index >= 15 is 0 Å². The van der Waals surface area contributed by atoms with Crippen molar-refractivity contribution in [2.24, 2.45) is 5.73 Å². The van der Waals surface area contributed by atoms with Gasteiger partial charge in [0.05, 0.1) is 0 Å². The Morgan fingerprint density at radius 2 is 2.27 bits per heavy atom. The Morgan fingerprint density at radius 1 is 1.45 bits per heavy atom. The highest BCUT2D eigenvalue weighted by Crippen LogP contribution is 2.05. The molecule has 4 N–H and O–H groups in total. The van der Waals surface area contributed by atoms with Crippen LogP contribution in [0.5, 0.6) is 0 Å². The van der Waals surface area contributed by atoms with E-state index in [0.717, 1.165) is 32.6 Å². The van der Waals surface area contributed by atoms with Gasteiger partial charge in [-0.3, -0.25) is 0 Å². The molecule has 2 fully saturated rings. The largest absolute Gasteiger partial charge is 0.326 e. The molecule has 0 aliphatic carbocycles. The summed E-state index contributed by atoms with van der Waals surface area (Å²) in [6.45, 7) is 4.33. The maximum atomic E-state index is 5.76. The highest BCUT2D eigenvalue weighted by atomic mass is 15.5. The van der Waals surface area contributed by atoms with Crippen LogP contribution in [0.4, 0.5) is 0 Å². The number of nitrogens with two attached hydrogens (primary N) is 1. The van der Waals surface area contributed by atoms with Crippen molar-refractivity contribution in [3.05, 3.63) is 0 Å². The maximum absolute atomic E-state index is 5.76. The van der Waals surface area contributed by atoms with Crippen LogP contribution >= 0.6 is 0 Å². The van der Waals surface area contributed by atoms with Crippen LogP contribution < -0.4 is 16.5 Å². The molecule has 4 heteroatoms. The molecular weight excluding hydrogens is 140 g/mol. The lowest BCUT2D eigenvalue weighted by Crippen LogP contribution is -2.60. The molecule has 0 radical (unpaired) electrons. The van der Waals surface area contributed by atoms with Crippen LogP contribution in [0.2, 0.25) is 0 Å². The van der Waals surface area contributed by atoms with E-state index in [2.05, 4.69) is 15.8 Å². The molecule has 0 aromatic carbocycles. The Kier molecular flexibility index (Phi) is 2.09. The second kappa shape index (κ2) is 3.06. The van der Waals surface area contributed by atoms with Gasteiger partial charge in [0.1, 0.15) is 0 Å². The minimum absolute atomic E-state index is 0.385. The van der Waals surface area contributed by atoms with Gasteiger partial charge in [-0.25, -0.2) is 10.4 Å². The number of nitrogens with zero attached hydrogens (tertiary/aromatic N) is 1. The van der Waals surface area contributed by atoms with Crippen LogP contribution in [0, 0.1) is 0 Å². The third-order valence-electron chi connectivity index (χ3n) is 2.37. The Bertz CT molecular complexity index is 134. The van der Waals surface area contributed by atoms with Gasteiger partial charge >= 0.3 is 0 Å². The molecule has 64 valence electrons. The summed E-state index contributed by atoms with van der Waals surface area (Å²) < 4.78 is 0. The van der Waals surface area contributed by atoms with E-state index in [1.807, 2.05) is 0 Å². The molecule has 2 aliphatic heterocycles. The molecule has 0 aromatic heterocycles. The van der Waals surface area contributed by atoms with Gasteiger partial charge in [-0.2, -0.15) is 0 Å². The summed E-state index contributed by atoms with van der Waals surface area (Å²) in [6.07, 6.45) is 1.13. The number of hydrogen-bond acceptors (Lipinski definition) is 4. The first-order valence-corrected chi connectivity index (χ1v) is 4.32. The van der Waals surface area contributed by atoms with Gasteiger partial charge in [-0.05, 0) is 6.42 Å². The number of hydrogen-bond donors (Lipinski definition) is 3. The van der Waals surface area contributed by atoms with E-state index in [9.17, 15) is 0 Å². The van der Waals surface area contributed by atoms with Crippen molar-refractivity contribution in [2.45, 2.75) is 18.5 Å². The van der Waals surface area contributed by atoms with Crippen molar-refractivity contribution in [3.8, 4) is 0 Å². The fourth-order valence-electron chi connectivity index (χ4n) is 1.54. The smallest absolute Gasteiger partial charge is 0.0464 e. The predicted molar refractivity (Wildman–Crippen MR) is 44.0 cm³/mol. The van der Waals surface area contributed by atoms with Crippen LogP contribution in [0.25, 0.3) is 0 Å². The van der Waals surface area contributed by atoms with Crippen molar-refractivity contribution >= 4 is 0 Å². The van der Waals surface area contributed by atoms with Gasteiger partial charge < -0.3 is 11.1 Å². The summed E-state index contributed by atoms with van der Waals surface area (Å²) in [5, 5.41) is 5.47. The molecular formula is C7H16N4. The zero-order chi connectivity index (χ0) is 7.68. The number of nitrogens with one attached hydrogen (secondary N) is 2. The van der Waals surface area contributed by atoms with Gasteiger partial charge in [0.25, 0.3) is 0 Å².